The molecular weight excluding hydrogens is 376 g/mol. The van der Waals surface area contributed by atoms with Crippen LogP contribution in [0.1, 0.15) is 49.9 Å². The summed E-state index contributed by atoms with van der Waals surface area (Å²) in [6, 6.07) is 4.59. The van der Waals surface area contributed by atoms with E-state index in [0.29, 0.717) is 5.56 Å². The molecule has 1 saturated heterocycles. The molecule has 26 heavy (non-hydrogen) atoms. The standard InChI is InChI=1S/C18H25ClN2O4S/c1-12-10-21(11-13(2)25-12)26(23,24)17-9-14(7-8-16(17)19)18(22)20-15-5-3-4-6-15/h7-9,12-13,15H,3-6,10-11H2,1-2H3,(H,20,22)/t12-,13+. The highest BCUT2D eigenvalue weighted by Crippen LogP contribution is 2.28. The minimum atomic E-state index is -3.80. The van der Waals surface area contributed by atoms with Gasteiger partial charge in [-0.2, -0.15) is 4.31 Å². The lowest BCUT2D eigenvalue weighted by Crippen LogP contribution is -2.48. The van der Waals surface area contributed by atoms with Crippen LogP contribution >= 0.6 is 11.6 Å². The lowest BCUT2D eigenvalue weighted by atomic mass is 10.2. The van der Waals surface area contributed by atoms with Crippen molar-refractivity contribution < 1.29 is 17.9 Å². The normalized spacial score (nSPS) is 25.3. The van der Waals surface area contributed by atoms with Gasteiger partial charge in [0.25, 0.3) is 5.91 Å². The average Bonchev–Trinajstić information content (AvgIpc) is 3.07. The van der Waals surface area contributed by atoms with Crippen LogP contribution in [0.5, 0.6) is 0 Å². The number of hydrogen-bond donors (Lipinski definition) is 1. The molecule has 1 amide bonds. The molecule has 2 atom stereocenters. The highest BCUT2D eigenvalue weighted by atomic mass is 35.5. The topological polar surface area (TPSA) is 75.7 Å². The first-order chi connectivity index (χ1) is 12.3. The molecule has 0 unspecified atom stereocenters. The Morgan fingerprint density at radius 2 is 1.81 bits per heavy atom. The number of hydrogen-bond acceptors (Lipinski definition) is 4. The van der Waals surface area contributed by atoms with E-state index >= 15 is 0 Å². The molecule has 0 radical (unpaired) electrons. The number of nitrogens with zero attached hydrogens (tertiary/aromatic N) is 1. The summed E-state index contributed by atoms with van der Waals surface area (Å²) in [7, 11) is -3.80. The second-order valence-electron chi connectivity index (χ2n) is 7.18. The first-order valence-electron chi connectivity index (χ1n) is 9.03. The quantitative estimate of drug-likeness (QED) is 0.843. The minimum Gasteiger partial charge on any atom is -0.373 e. The predicted octanol–water partition coefficient (Wildman–Crippen LogP) is 2.81. The zero-order valence-corrected chi connectivity index (χ0v) is 16.6. The maximum Gasteiger partial charge on any atom is 0.251 e. The van der Waals surface area contributed by atoms with Crippen LogP contribution < -0.4 is 5.32 Å². The summed E-state index contributed by atoms with van der Waals surface area (Å²) in [6.45, 7) is 4.21. The summed E-state index contributed by atoms with van der Waals surface area (Å²) in [6.07, 6.45) is 3.77. The Balaban J connectivity index is 1.85. The second-order valence-corrected chi connectivity index (χ2v) is 9.49. The van der Waals surface area contributed by atoms with E-state index in [2.05, 4.69) is 5.32 Å². The van der Waals surface area contributed by atoms with E-state index in [1.54, 1.807) is 6.07 Å². The van der Waals surface area contributed by atoms with Gasteiger partial charge in [0.1, 0.15) is 4.90 Å². The van der Waals surface area contributed by atoms with Crippen LogP contribution in [-0.4, -0.2) is 50.0 Å². The van der Waals surface area contributed by atoms with E-state index in [-0.39, 0.29) is 47.2 Å². The summed E-state index contributed by atoms with van der Waals surface area (Å²) >= 11 is 6.18. The fourth-order valence-corrected chi connectivity index (χ4v) is 5.74. The smallest absolute Gasteiger partial charge is 0.251 e. The molecule has 3 rings (SSSR count). The first kappa shape index (κ1) is 19.6. The molecule has 0 aromatic heterocycles. The van der Waals surface area contributed by atoms with Gasteiger partial charge in [-0.05, 0) is 44.9 Å². The largest absolute Gasteiger partial charge is 0.373 e. The van der Waals surface area contributed by atoms with E-state index < -0.39 is 10.0 Å². The average molecular weight is 401 g/mol. The van der Waals surface area contributed by atoms with Gasteiger partial charge in [-0.25, -0.2) is 8.42 Å². The van der Waals surface area contributed by atoms with Gasteiger partial charge in [-0.15, -0.1) is 0 Å². The van der Waals surface area contributed by atoms with Crippen LogP contribution in [0.3, 0.4) is 0 Å². The first-order valence-corrected chi connectivity index (χ1v) is 10.8. The van der Waals surface area contributed by atoms with Gasteiger partial charge in [0.2, 0.25) is 10.0 Å². The van der Waals surface area contributed by atoms with Gasteiger partial charge in [0.05, 0.1) is 17.2 Å². The van der Waals surface area contributed by atoms with Crippen LogP contribution in [-0.2, 0) is 14.8 Å². The number of carbonyl (C=O) groups is 1. The van der Waals surface area contributed by atoms with Crippen LogP contribution in [0, 0.1) is 0 Å². The Morgan fingerprint density at radius 3 is 2.42 bits per heavy atom. The third kappa shape index (κ3) is 4.22. The van der Waals surface area contributed by atoms with Gasteiger partial charge in [-0.1, -0.05) is 24.4 Å². The summed E-state index contributed by atoms with van der Waals surface area (Å²) in [4.78, 5) is 12.5. The van der Waals surface area contributed by atoms with E-state index in [1.165, 1.54) is 16.4 Å². The molecule has 1 N–H and O–H groups in total. The van der Waals surface area contributed by atoms with Crippen LogP contribution in [0.25, 0.3) is 0 Å². The van der Waals surface area contributed by atoms with Crippen molar-refractivity contribution in [2.45, 2.75) is 62.7 Å². The molecule has 1 aromatic rings. The molecule has 0 bridgehead atoms. The van der Waals surface area contributed by atoms with Crippen molar-refractivity contribution in [2.75, 3.05) is 13.1 Å². The molecular formula is C18H25ClN2O4S. The summed E-state index contributed by atoms with van der Waals surface area (Å²) in [5.74, 6) is -0.256. The molecule has 1 heterocycles. The number of ether oxygens (including phenoxy) is 1. The molecule has 8 heteroatoms. The van der Waals surface area contributed by atoms with Gasteiger partial charge in [0.15, 0.2) is 0 Å². The zero-order chi connectivity index (χ0) is 18.9. The Kier molecular flexibility index (Phi) is 5.91. The Bertz CT molecular complexity index is 767. The van der Waals surface area contributed by atoms with Crippen molar-refractivity contribution in [1.82, 2.24) is 9.62 Å². The van der Waals surface area contributed by atoms with Crippen molar-refractivity contribution in [3.8, 4) is 0 Å². The number of morpholine rings is 1. The van der Waals surface area contributed by atoms with Gasteiger partial charge in [0, 0.05) is 24.7 Å². The number of nitrogens with one attached hydrogen (secondary N) is 1. The Hall–Kier alpha value is -1.15. The minimum absolute atomic E-state index is 0.0282. The molecule has 0 spiro atoms. The third-order valence-corrected chi connectivity index (χ3v) is 7.20. The van der Waals surface area contributed by atoms with Crippen molar-refractivity contribution in [3.05, 3.63) is 28.8 Å². The van der Waals surface area contributed by atoms with Crippen molar-refractivity contribution >= 4 is 27.5 Å². The molecule has 2 aliphatic rings. The third-order valence-electron chi connectivity index (χ3n) is 4.89. The van der Waals surface area contributed by atoms with Crippen LogP contribution in [0.2, 0.25) is 5.02 Å². The number of carbonyl (C=O) groups excluding carboxylic acids is 1. The van der Waals surface area contributed by atoms with Crippen molar-refractivity contribution in [2.24, 2.45) is 0 Å². The molecule has 1 aliphatic carbocycles. The Morgan fingerprint density at radius 1 is 1.19 bits per heavy atom. The predicted molar refractivity (Wildman–Crippen MR) is 99.9 cm³/mol. The summed E-state index contributed by atoms with van der Waals surface area (Å²) in [5, 5.41) is 3.10. The molecule has 2 fully saturated rings. The van der Waals surface area contributed by atoms with Gasteiger partial charge < -0.3 is 10.1 Å². The molecule has 1 aliphatic heterocycles. The fourth-order valence-electron chi connectivity index (χ4n) is 3.65. The van der Waals surface area contributed by atoms with Crippen LogP contribution in [0.15, 0.2) is 23.1 Å². The molecule has 6 nitrogen and oxygen atoms in total. The van der Waals surface area contributed by atoms with Crippen molar-refractivity contribution in [1.29, 1.82) is 0 Å². The van der Waals surface area contributed by atoms with Crippen LogP contribution in [0.4, 0.5) is 0 Å². The maximum atomic E-state index is 13.1. The number of sulfonamides is 1. The number of halogens is 1. The summed E-state index contributed by atoms with van der Waals surface area (Å²) in [5.41, 5.74) is 0.314. The highest BCUT2D eigenvalue weighted by Gasteiger charge is 2.34. The SMILES string of the molecule is C[C@@H]1CN(S(=O)(=O)c2cc(C(=O)NC3CCCC3)ccc2Cl)C[C@H](C)O1. The Labute approximate surface area is 159 Å². The van der Waals surface area contributed by atoms with Crippen molar-refractivity contribution in [3.63, 3.8) is 0 Å². The van der Waals surface area contributed by atoms with E-state index in [4.69, 9.17) is 16.3 Å². The molecule has 1 saturated carbocycles. The number of benzene rings is 1. The number of rotatable bonds is 4. The molecule has 144 valence electrons. The van der Waals surface area contributed by atoms with Gasteiger partial charge >= 0.3 is 0 Å². The lowest BCUT2D eigenvalue weighted by molar-refractivity contribution is -0.0440. The molecule has 1 aromatic carbocycles. The van der Waals surface area contributed by atoms with Gasteiger partial charge in [-0.3, -0.25) is 4.79 Å². The number of amides is 1. The highest BCUT2D eigenvalue weighted by molar-refractivity contribution is 7.89. The second kappa shape index (κ2) is 7.84. The lowest BCUT2D eigenvalue weighted by Gasteiger charge is -2.34. The van der Waals surface area contributed by atoms with E-state index in [0.717, 1.165) is 25.7 Å². The van der Waals surface area contributed by atoms with E-state index in [9.17, 15) is 13.2 Å². The monoisotopic (exact) mass is 400 g/mol. The fraction of sp³-hybridized carbons (Fsp3) is 0.611. The van der Waals surface area contributed by atoms with E-state index in [1.807, 2.05) is 13.8 Å². The zero-order valence-electron chi connectivity index (χ0n) is 15.1. The summed E-state index contributed by atoms with van der Waals surface area (Å²) < 4.78 is 33.1. The maximum absolute atomic E-state index is 13.1.